The van der Waals surface area contributed by atoms with Crippen LogP contribution in [0, 0.1) is 6.92 Å². The van der Waals surface area contributed by atoms with Crippen LogP contribution in [0.25, 0.3) is 0 Å². The average molecular weight is 513 g/mol. The molecule has 1 amide bonds. The van der Waals surface area contributed by atoms with Gasteiger partial charge in [0.25, 0.3) is 0 Å². The Labute approximate surface area is 192 Å². The second-order valence-electron chi connectivity index (χ2n) is 8.34. The van der Waals surface area contributed by atoms with Crippen molar-refractivity contribution in [3.05, 3.63) is 29.8 Å². The summed E-state index contributed by atoms with van der Waals surface area (Å²) >= 11 is 0. The lowest BCUT2D eigenvalue weighted by molar-refractivity contribution is -0.127. The monoisotopic (exact) mass is 513 g/mol. The van der Waals surface area contributed by atoms with Gasteiger partial charge in [0.1, 0.15) is 6.54 Å². The summed E-state index contributed by atoms with van der Waals surface area (Å²) in [6.45, 7) is 4.35. The highest BCUT2D eigenvalue weighted by atomic mass is 127. The number of nitrogens with zero attached hydrogens (tertiary/aromatic N) is 3. The van der Waals surface area contributed by atoms with E-state index in [0.29, 0.717) is 12.1 Å². The number of halogens is 1. The van der Waals surface area contributed by atoms with E-state index in [-0.39, 0.29) is 36.4 Å². The molecular formula is C22H36IN5O. The number of aliphatic imine (C=N–C) groups is 1. The molecule has 1 aliphatic heterocycles. The topological polar surface area (TPSA) is 60.0 Å². The van der Waals surface area contributed by atoms with Crippen molar-refractivity contribution in [3.63, 3.8) is 0 Å². The summed E-state index contributed by atoms with van der Waals surface area (Å²) in [6, 6.07) is 9.56. The number of amides is 1. The maximum absolute atomic E-state index is 12.0. The molecule has 29 heavy (non-hydrogen) atoms. The maximum atomic E-state index is 12.0. The fraction of sp³-hybridized carbons (Fsp3) is 0.636. The van der Waals surface area contributed by atoms with Crippen LogP contribution in [0.4, 0.5) is 5.69 Å². The van der Waals surface area contributed by atoms with E-state index in [2.05, 4.69) is 51.7 Å². The van der Waals surface area contributed by atoms with Gasteiger partial charge >= 0.3 is 0 Å². The minimum atomic E-state index is 0. The number of likely N-dealkylation sites (N-methyl/N-ethyl adjacent to an activating group) is 1. The minimum Gasteiger partial charge on any atom is -0.369 e. The highest BCUT2D eigenvalue weighted by molar-refractivity contribution is 14.0. The summed E-state index contributed by atoms with van der Waals surface area (Å²) in [5, 5.41) is 7.18. The summed E-state index contributed by atoms with van der Waals surface area (Å²) in [5.74, 6) is 0.815. The van der Waals surface area contributed by atoms with Gasteiger partial charge in [0, 0.05) is 45.0 Å². The van der Waals surface area contributed by atoms with Crippen molar-refractivity contribution < 1.29 is 4.79 Å². The number of aryl methyl sites for hydroxylation is 1. The molecule has 6 nitrogen and oxygen atoms in total. The van der Waals surface area contributed by atoms with E-state index >= 15 is 0 Å². The number of hydrogen-bond acceptors (Lipinski definition) is 3. The van der Waals surface area contributed by atoms with Crippen LogP contribution in [0.5, 0.6) is 0 Å². The number of benzene rings is 1. The number of carbonyl (C=O) groups excluding carboxylic acids is 1. The van der Waals surface area contributed by atoms with E-state index < -0.39 is 0 Å². The molecule has 1 aromatic rings. The lowest BCUT2D eigenvalue weighted by atomic mass is 10.0. The van der Waals surface area contributed by atoms with Crippen LogP contribution in [0.1, 0.15) is 44.1 Å². The van der Waals surface area contributed by atoms with Gasteiger partial charge in [-0.3, -0.25) is 4.79 Å². The highest BCUT2D eigenvalue weighted by Crippen LogP contribution is 2.21. The van der Waals surface area contributed by atoms with E-state index in [9.17, 15) is 4.79 Å². The molecule has 2 fully saturated rings. The largest absolute Gasteiger partial charge is 0.369 e. The molecule has 3 rings (SSSR count). The standard InChI is InChI=1S/C22H35N5O.HI/c1-17-10-12-20(13-11-17)27-14-6-9-19(16-27)25-22(23-15-21(28)26(2)3)24-18-7-4-5-8-18;/h10-13,18-19H,4-9,14-16H2,1-3H3,(H2,23,24,25);1H. The normalized spacial score (nSPS) is 20.2. The third-order valence-corrected chi connectivity index (χ3v) is 5.73. The Balaban J connectivity index is 0.00000300. The van der Waals surface area contributed by atoms with Crippen molar-refractivity contribution in [2.24, 2.45) is 4.99 Å². The van der Waals surface area contributed by atoms with Crippen molar-refractivity contribution in [1.29, 1.82) is 0 Å². The van der Waals surface area contributed by atoms with E-state index in [1.54, 1.807) is 19.0 Å². The van der Waals surface area contributed by atoms with Gasteiger partial charge in [0.15, 0.2) is 5.96 Å². The second-order valence-corrected chi connectivity index (χ2v) is 8.34. The highest BCUT2D eigenvalue weighted by Gasteiger charge is 2.23. The zero-order valence-electron chi connectivity index (χ0n) is 18.0. The smallest absolute Gasteiger partial charge is 0.243 e. The molecule has 1 saturated carbocycles. The molecule has 162 valence electrons. The van der Waals surface area contributed by atoms with Crippen LogP contribution in [0.15, 0.2) is 29.3 Å². The van der Waals surface area contributed by atoms with Crippen molar-refractivity contribution in [3.8, 4) is 0 Å². The minimum absolute atomic E-state index is 0. The number of rotatable bonds is 5. The summed E-state index contributed by atoms with van der Waals surface area (Å²) in [5.41, 5.74) is 2.57. The molecule has 1 atom stereocenters. The number of guanidine groups is 1. The number of nitrogens with one attached hydrogen (secondary N) is 2. The van der Waals surface area contributed by atoms with Crippen LogP contribution in [0.3, 0.4) is 0 Å². The third-order valence-electron chi connectivity index (χ3n) is 5.73. The Hall–Kier alpha value is -1.51. The first kappa shape index (κ1) is 23.8. The van der Waals surface area contributed by atoms with Crippen LogP contribution in [-0.2, 0) is 4.79 Å². The zero-order valence-corrected chi connectivity index (χ0v) is 20.3. The van der Waals surface area contributed by atoms with Crippen molar-refractivity contribution in [1.82, 2.24) is 15.5 Å². The van der Waals surface area contributed by atoms with Gasteiger partial charge in [-0.2, -0.15) is 0 Å². The van der Waals surface area contributed by atoms with Gasteiger partial charge in [-0.25, -0.2) is 4.99 Å². The number of carbonyl (C=O) groups is 1. The molecule has 2 aliphatic rings. The first-order valence-corrected chi connectivity index (χ1v) is 10.6. The van der Waals surface area contributed by atoms with Gasteiger partial charge in [0.05, 0.1) is 0 Å². The van der Waals surface area contributed by atoms with Gasteiger partial charge in [-0.05, 0) is 44.7 Å². The Bertz CT molecular complexity index is 670. The first-order valence-electron chi connectivity index (χ1n) is 10.6. The molecule has 0 aromatic heterocycles. The molecule has 1 aliphatic carbocycles. The molecule has 1 heterocycles. The van der Waals surface area contributed by atoms with Gasteiger partial charge < -0.3 is 20.4 Å². The number of anilines is 1. The lowest BCUT2D eigenvalue weighted by Crippen LogP contribution is -2.53. The molecule has 0 spiro atoms. The molecule has 1 saturated heterocycles. The van der Waals surface area contributed by atoms with Crippen LogP contribution >= 0.6 is 24.0 Å². The molecule has 7 heteroatoms. The fourth-order valence-electron chi connectivity index (χ4n) is 3.96. The molecule has 1 aromatic carbocycles. The zero-order chi connectivity index (χ0) is 19.9. The number of piperidine rings is 1. The van der Waals surface area contributed by atoms with E-state index in [0.717, 1.165) is 31.9 Å². The van der Waals surface area contributed by atoms with E-state index in [1.807, 2.05) is 0 Å². The van der Waals surface area contributed by atoms with Gasteiger partial charge in [-0.15, -0.1) is 24.0 Å². The number of hydrogen-bond donors (Lipinski definition) is 2. The van der Waals surface area contributed by atoms with Crippen LogP contribution in [-0.4, -0.2) is 62.6 Å². The van der Waals surface area contributed by atoms with E-state index in [4.69, 9.17) is 0 Å². The molecule has 2 N–H and O–H groups in total. The molecule has 0 bridgehead atoms. The van der Waals surface area contributed by atoms with Crippen LogP contribution in [0.2, 0.25) is 0 Å². The fourth-order valence-corrected chi connectivity index (χ4v) is 3.96. The summed E-state index contributed by atoms with van der Waals surface area (Å²) in [6.07, 6.45) is 7.18. The first-order chi connectivity index (χ1) is 13.5. The van der Waals surface area contributed by atoms with Gasteiger partial charge in [0.2, 0.25) is 5.91 Å². The van der Waals surface area contributed by atoms with Crippen LogP contribution < -0.4 is 15.5 Å². The van der Waals surface area contributed by atoms with Crippen molar-refractivity contribution in [2.45, 2.75) is 57.5 Å². The van der Waals surface area contributed by atoms with E-state index in [1.165, 1.54) is 36.9 Å². The quantitative estimate of drug-likeness (QED) is 0.361. The predicted molar refractivity (Wildman–Crippen MR) is 131 cm³/mol. The predicted octanol–water partition coefficient (Wildman–Crippen LogP) is 3.15. The van der Waals surface area contributed by atoms with Crippen molar-refractivity contribution >= 4 is 41.5 Å². The Morgan fingerprint density at radius 1 is 1.07 bits per heavy atom. The van der Waals surface area contributed by atoms with Crippen molar-refractivity contribution in [2.75, 3.05) is 38.6 Å². The Kier molecular flexibility index (Phi) is 9.52. The third kappa shape index (κ3) is 7.35. The maximum Gasteiger partial charge on any atom is 0.243 e. The Morgan fingerprint density at radius 3 is 2.34 bits per heavy atom. The summed E-state index contributed by atoms with van der Waals surface area (Å²) in [4.78, 5) is 20.6. The molecule has 1 unspecified atom stereocenters. The second kappa shape index (κ2) is 11.6. The summed E-state index contributed by atoms with van der Waals surface area (Å²) < 4.78 is 0. The van der Waals surface area contributed by atoms with Gasteiger partial charge in [-0.1, -0.05) is 30.5 Å². The average Bonchev–Trinajstić information content (AvgIpc) is 3.19. The molecular weight excluding hydrogens is 477 g/mol. The SMILES string of the molecule is Cc1ccc(N2CCCC(NC(=NCC(=O)N(C)C)NC3CCCC3)C2)cc1.I. The Morgan fingerprint density at radius 2 is 1.69 bits per heavy atom. The summed E-state index contributed by atoms with van der Waals surface area (Å²) in [7, 11) is 3.55. The molecule has 0 radical (unpaired) electrons. The lowest BCUT2D eigenvalue weighted by Gasteiger charge is -2.36.